The van der Waals surface area contributed by atoms with Crippen LogP contribution in [0.25, 0.3) is 0 Å². The van der Waals surface area contributed by atoms with Gasteiger partial charge in [0.25, 0.3) is 0 Å². The molecule has 0 aliphatic rings. The largest absolute Gasteiger partial charge is 0.478 e. The number of nitrogens with one attached hydrogen (secondary N) is 1. The third-order valence-electron chi connectivity index (χ3n) is 1.08. The first-order chi connectivity index (χ1) is 5.13. The molecule has 5 N–H and O–H groups in total. The second kappa shape index (κ2) is 3.49. The Morgan fingerprint density at radius 3 is 2.25 bits per heavy atom. The van der Waals surface area contributed by atoms with Crippen molar-refractivity contribution in [3.63, 3.8) is 0 Å². The van der Waals surface area contributed by atoms with Crippen LogP contribution in [0.3, 0.4) is 0 Å². The highest BCUT2D eigenvalue weighted by atomic mass is 16.4. The van der Waals surface area contributed by atoms with Gasteiger partial charge in [-0.2, -0.15) is 5.10 Å². The van der Waals surface area contributed by atoms with E-state index in [0.717, 1.165) is 6.20 Å². The number of carbonyl (C=O) groups is 2. The minimum Gasteiger partial charge on any atom is -0.478 e. The average molecular weight is 174 g/mol. The number of rotatable bonds is 2. The monoisotopic (exact) mass is 174 g/mol. The van der Waals surface area contributed by atoms with Crippen molar-refractivity contribution >= 4 is 11.9 Å². The van der Waals surface area contributed by atoms with Crippen molar-refractivity contribution in [2.45, 2.75) is 0 Å². The van der Waals surface area contributed by atoms with Crippen LogP contribution < -0.4 is 0 Å². The first kappa shape index (κ1) is 10.1. The molecule has 1 aromatic rings. The first-order valence-electron chi connectivity index (χ1n) is 2.63. The quantitative estimate of drug-likeness (QED) is 0.527. The van der Waals surface area contributed by atoms with Gasteiger partial charge in [-0.3, -0.25) is 5.10 Å². The normalized spacial score (nSPS) is 8.67. The van der Waals surface area contributed by atoms with E-state index in [1.54, 1.807) is 0 Å². The Bertz CT molecular complexity index is 276. The molecule has 0 aromatic carbocycles. The summed E-state index contributed by atoms with van der Waals surface area (Å²) < 4.78 is 0. The molecule has 0 bridgehead atoms. The zero-order valence-electron chi connectivity index (χ0n) is 5.74. The molecule has 1 rings (SSSR count). The molecule has 1 aromatic heterocycles. The van der Waals surface area contributed by atoms with Crippen LogP contribution in [0.4, 0.5) is 0 Å². The fraction of sp³-hybridized carbons (Fsp3) is 0. The van der Waals surface area contributed by atoms with Crippen molar-refractivity contribution in [3.8, 4) is 0 Å². The standard InChI is InChI=1S/C5H4N2O4.H2O/c8-4(9)2-1-6-7-3(2)5(10)11;/h1H,(H,6,7)(H,8,9)(H,10,11);1H2. The topological polar surface area (TPSA) is 135 Å². The van der Waals surface area contributed by atoms with Crippen LogP contribution in [0.15, 0.2) is 6.20 Å². The van der Waals surface area contributed by atoms with Crippen LogP contribution in [0.2, 0.25) is 0 Å². The van der Waals surface area contributed by atoms with E-state index in [1.165, 1.54) is 0 Å². The summed E-state index contributed by atoms with van der Waals surface area (Å²) in [6, 6.07) is 0. The molecule has 7 nitrogen and oxygen atoms in total. The fourth-order valence-corrected chi connectivity index (χ4v) is 0.611. The Morgan fingerprint density at radius 2 is 1.92 bits per heavy atom. The van der Waals surface area contributed by atoms with E-state index in [9.17, 15) is 9.59 Å². The van der Waals surface area contributed by atoms with Gasteiger partial charge in [0.1, 0.15) is 5.56 Å². The summed E-state index contributed by atoms with van der Waals surface area (Å²) in [7, 11) is 0. The van der Waals surface area contributed by atoms with E-state index in [-0.39, 0.29) is 11.0 Å². The van der Waals surface area contributed by atoms with Crippen molar-refractivity contribution in [1.82, 2.24) is 10.2 Å². The molecule has 0 aliphatic carbocycles. The minimum atomic E-state index is -1.33. The predicted molar refractivity (Wildman–Crippen MR) is 36.1 cm³/mol. The number of nitrogens with zero attached hydrogens (tertiary/aromatic N) is 1. The van der Waals surface area contributed by atoms with Gasteiger partial charge in [0.05, 0.1) is 6.20 Å². The number of hydrogen-bond acceptors (Lipinski definition) is 3. The molecule has 0 atom stereocenters. The molecule has 0 radical (unpaired) electrons. The lowest BCUT2D eigenvalue weighted by Gasteiger charge is -1.88. The maximum atomic E-state index is 10.3. The molecule has 0 fully saturated rings. The summed E-state index contributed by atoms with van der Waals surface area (Å²) in [5.74, 6) is -2.64. The van der Waals surface area contributed by atoms with Gasteiger partial charge in [-0.25, -0.2) is 9.59 Å². The highest BCUT2D eigenvalue weighted by Crippen LogP contribution is 2.03. The Balaban J connectivity index is 0.00000121. The van der Waals surface area contributed by atoms with Crippen molar-refractivity contribution in [2.24, 2.45) is 0 Å². The second-order valence-electron chi connectivity index (χ2n) is 1.77. The molecule has 0 aliphatic heterocycles. The van der Waals surface area contributed by atoms with Crippen LogP contribution in [0.1, 0.15) is 20.8 Å². The van der Waals surface area contributed by atoms with Gasteiger partial charge in [-0.15, -0.1) is 0 Å². The average Bonchev–Trinajstić information content (AvgIpc) is 2.32. The van der Waals surface area contributed by atoms with Crippen LogP contribution in [0, 0.1) is 0 Å². The highest BCUT2D eigenvalue weighted by molar-refractivity contribution is 5.99. The van der Waals surface area contributed by atoms with Crippen LogP contribution in [-0.2, 0) is 0 Å². The molecular formula is C5H6N2O5. The Kier molecular flexibility index (Phi) is 2.94. The number of carboxylic acid groups (broad SMARTS) is 2. The van der Waals surface area contributed by atoms with Crippen molar-refractivity contribution in [2.75, 3.05) is 0 Å². The van der Waals surface area contributed by atoms with Crippen LogP contribution in [-0.4, -0.2) is 37.8 Å². The summed E-state index contributed by atoms with van der Waals surface area (Å²) >= 11 is 0. The third-order valence-corrected chi connectivity index (χ3v) is 1.08. The lowest BCUT2D eigenvalue weighted by atomic mass is 10.2. The van der Waals surface area contributed by atoms with E-state index < -0.39 is 17.6 Å². The summed E-state index contributed by atoms with van der Waals surface area (Å²) in [6.07, 6.45) is 0.950. The minimum absolute atomic E-state index is 0. The van der Waals surface area contributed by atoms with Crippen molar-refractivity contribution < 1.29 is 25.3 Å². The number of carboxylic acids is 2. The maximum absolute atomic E-state index is 10.3. The van der Waals surface area contributed by atoms with Gasteiger partial charge in [0.2, 0.25) is 0 Å². The summed E-state index contributed by atoms with van der Waals surface area (Å²) in [5.41, 5.74) is -0.741. The molecule has 0 saturated heterocycles. The number of hydrogen-bond donors (Lipinski definition) is 3. The molecule has 0 amide bonds. The van der Waals surface area contributed by atoms with E-state index in [2.05, 4.69) is 10.2 Å². The second-order valence-corrected chi connectivity index (χ2v) is 1.77. The van der Waals surface area contributed by atoms with Gasteiger partial charge in [0, 0.05) is 0 Å². The van der Waals surface area contributed by atoms with Gasteiger partial charge >= 0.3 is 11.9 Å². The van der Waals surface area contributed by atoms with Gasteiger partial charge < -0.3 is 15.7 Å². The molecule has 0 unspecified atom stereocenters. The molecule has 1 heterocycles. The van der Waals surface area contributed by atoms with E-state index in [0.29, 0.717) is 0 Å². The summed E-state index contributed by atoms with van der Waals surface area (Å²) in [5, 5.41) is 22.1. The molecule has 66 valence electrons. The van der Waals surface area contributed by atoms with Crippen LogP contribution in [0.5, 0.6) is 0 Å². The Labute approximate surface area is 66.0 Å². The fourth-order valence-electron chi connectivity index (χ4n) is 0.611. The first-order valence-corrected chi connectivity index (χ1v) is 2.63. The molecule has 7 heteroatoms. The number of aromatic carboxylic acids is 2. The molecule has 12 heavy (non-hydrogen) atoms. The lowest BCUT2D eigenvalue weighted by Crippen LogP contribution is -2.05. The number of H-pyrrole nitrogens is 1. The van der Waals surface area contributed by atoms with Crippen molar-refractivity contribution in [1.29, 1.82) is 0 Å². The van der Waals surface area contributed by atoms with Gasteiger partial charge in [0.15, 0.2) is 5.69 Å². The molecule has 0 saturated carbocycles. The van der Waals surface area contributed by atoms with E-state index >= 15 is 0 Å². The third kappa shape index (κ3) is 1.58. The lowest BCUT2D eigenvalue weighted by molar-refractivity contribution is 0.0648. The SMILES string of the molecule is O.O=C(O)c1cn[nH]c1C(=O)O. The summed E-state index contributed by atoms with van der Waals surface area (Å²) in [4.78, 5) is 20.5. The molecule has 0 spiro atoms. The smallest absolute Gasteiger partial charge is 0.354 e. The van der Waals surface area contributed by atoms with Crippen molar-refractivity contribution in [3.05, 3.63) is 17.5 Å². The zero-order chi connectivity index (χ0) is 8.43. The number of aromatic nitrogens is 2. The van der Waals surface area contributed by atoms with E-state index in [1.807, 2.05) is 0 Å². The predicted octanol–water partition coefficient (Wildman–Crippen LogP) is -1.02. The zero-order valence-corrected chi connectivity index (χ0v) is 5.74. The summed E-state index contributed by atoms with van der Waals surface area (Å²) in [6.45, 7) is 0. The van der Waals surface area contributed by atoms with Crippen LogP contribution >= 0.6 is 0 Å². The van der Waals surface area contributed by atoms with E-state index in [4.69, 9.17) is 10.2 Å². The number of aromatic amines is 1. The molecular weight excluding hydrogens is 168 g/mol. The maximum Gasteiger partial charge on any atom is 0.354 e. The van der Waals surface area contributed by atoms with Gasteiger partial charge in [-0.1, -0.05) is 0 Å². The Hall–Kier alpha value is -1.89. The Morgan fingerprint density at radius 1 is 1.33 bits per heavy atom. The van der Waals surface area contributed by atoms with Gasteiger partial charge in [-0.05, 0) is 0 Å². The highest BCUT2D eigenvalue weighted by Gasteiger charge is 2.17.